The average Bonchev–Trinajstić information content (AvgIpc) is 2.91. The molecule has 184 valence electrons. The summed E-state index contributed by atoms with van der Waals surface area (Å²) < 4.78 is 11.5. The minimum atomic E-state index is -0.793. The van der Waals surface area contributed by atoms with Crippen molar-refractivity contribution in [3.63, 3.8) is 0 Å². The van der Waals surface area contributed by atoms with E-state index in [4.69, 9.17) is 9.47 Å². The number of nitrogens with one attached hydrogen (secondary N) is 1. The van der Waals surface area contributed by atoms with Gasteiger partial charge in [-0.3, -0.25) is 14.9 Å². The van der Waals surface area contributed by atoms with E-state index in [1.54, 1.807) is 49.6 Å². The normalized spacial score (nSPS) is 14.7. The summed E-state index contributed by atoms with van der Waals surface area (Å²) in [4.78, 5) is 39.5. The second-order valence-corrected chi connectivity index (χ2v) is 8.62. The Morgan fingerprint density at radius 2 is 1.65 bits per heavy atom. The van der Waals surface area contributed by atoms with E-state index in [9.17, 15) is 14.4 Å². The first-order valence-electron chi connectivity index (χ1n) is 11.7. The fraction of sp³-hybridized carbons (Fsp3) is 0.100. The van der Waals surface area contributed by atoms with Crippen LogP contribution < -0.4 is 19.7 Å². The molecular formula is C30H24N2O5. The summed E-state index contributed by atoms with van der Waals surface area (Å²) in [5.74, 6) is -0.493. The van der Waals surface area contributed by atoms with E-state index < -0.39 is 17.8 Å². The number of carbonyl (C=O) groups excluding carboxylic acids is 3. The van der Waals surface area contributed by atoms with Crippen LogP contribution in [0.3, 0.4) is 0 Å². The zero-order valence-corrected chi connectivity index (χ0v) is 20.4. The molecule has 5 rings (SSSR count). The van der Waals surface area contributed by atoms with Crippen LogP contribution >= 0.6 is 0 Å². The quantitative estimate of drug-likeness (QED) is 0.288. The van der Waals surface area contributed by atoms with Crippen LogP contribution in [0.2, 0.25) is 0 Å². The van der Waals surface area contributed by atoms with Gasteiger partial charge >= 0.3 is 6.03 Å². The Morgan fingerprint density at radius 3 is 2.43 bits per heavy atom. The fourth-order valence-corrected chi connectivity index (χ4v) is 4.20. The van der Waals surface area contributed by atoms with Crippen LogP contribution in [0.1, 0.15) is 16.7 Å². The molecule has 7 nitrogen and oxygen atoms in total. The van der Waals surface area contributed by atoms with Crippen molar-refractivity contribution in [3.05, 3.63) is 107 Å². The van der Waals surface area contributed by atoms with E-state index in [2.05, 4.69) is 5.32 Å². The topological polar surface area (TPSA) is 84.9 Å². The lowest BCUT2D eigenvalue weighted by atomic mass is 10.0. The number of rotatable bonds is 6. The second-order valence-electron chi connectivity index (χ2n) is 8.62. The van der Waals surface area contributed by atoms with Crippen molar-refractivity contribution >= 4 is 40.4 Å². The third-order valence-corrected chi connectivity index (χ3v) is 6.18. The van der Waals surface area contributed by atoms with Crippen molar-refractivity contribution in [3.8, 4) is 11.5 Å². The molecule has 1 aliphatic heterocycles. The number of anilines is 1. The highest BCUT2D eigenvalue weighted by atomic mass is 16.5. The van der Waals surface area contributed by atoms with Crippen molar-refractivity contribution in [1.82, 2.24) is 5.32 Å². The van der Waals surface area contributed by atoms with Gasteiger partial charge in [-0.15, -0.1) is 0 Å². The second kappa shape index (κ2) is 9.99. The van der Waals surface area contributed by atoms with Crippen LogP contribution in [0.4, 0.5) is 10.5 Å². The maximum Gasteiger partial charge on any atom is 0.335 e. The summed E-state index contributed by atoms with van der Waals surface area (Å²) >= 11 is 0. The molecule has 1 heterocycles. The molecule has 4 aromatic rings. The molecule has 1 aliphatic rings. The van der Waals surface area contributed by atoms with E-state index in [-0.39, 0.29) is 12.2 Å². The predicted molar refractivity (Wildman–Crippen MR) is 141 cm³/mol. The van der Waals surface area contributed by atoms with E-state index in [0.29, 0.717) is 22.7 Å². The van der Waals surface area contributed by atoms with Crippen molar-refractivity contribution in [1.29, 1.82) is 0 Å². The summed E-state index contributed by atoms with van der Waals surface area (Å²) in [5.41, 5.74) is 2.65. The van der Waals surface area contributed by atoms with E-state index in [1.165, 1.54) is 6.08 Å². The third kappa shape index (κ3) is 4.79. The van der Waals surface area contributed by atoms with Gasteiger partial charge in [0, 0.05) is 11.6 Å². The fourth-order valence-electron chi connectivity index (χ4n) is 4.20. The molecule has 0 unspecified atom stereocenters. The average molecular weight is 493 g/mol. The Labute approximate surface area is 213 Å². The summed E-state index contributed by atoms with van der Waals surface area (Å²) in [6, 6.07) is 25.2. The molecule has 0 aromatic heterocycles. The van der Waals surface area contributed by atoms with Crippen molar-refractivity contribution in [2.45, 2.75) is 13.5 Å². The number of imide groups is 2. The number of nitrogens with zero attached hydrogens (tertiary/aromatic N) is 1. The summed E-state index contributed by atoms with van der Waals surface area (Å²) in [7, 11) is 1.55. The summed E-state index contributed by atoms with van der Waals surface area (Å²) in [6.07, 6.45) is 1.43. The zero-order chi connectivity index (χ0) is 25.9. The first-order valence-corrected chi connectivity index (χ1v) is 11.7. The van der Waals surface area contributed by atoms with Gasteiger partial charge in [-0.05, 0) is 53.6 Å². The Hall–Kier alpha value is -4.91. The molecule has 7 heteroatoms. The summed E-state index contributed by atoms with van der Waals surface area (Å²) in [6.45, 7) is 2.17. The predicted octanol–water partition coefficient (Wildman–Crippen LogP) is 5.40. The number of hydrogen-bond acceptors (Lipinski definition) is 5. The van der Waals surface area contributed by atoms with Crippen molar-refractivity contribution in [2.24, 2.45) is 0 Å². The van der Waals surface area contributed by atoms with E-state index in [0.717, 1.165) is 26.8 Å². The lowest BCUT2D eigenvalue weighted by molar-refractivity contribution is -0.122. The van der Waals surface area contributed by atoms with Gasteiger partial charge in [-0.1, -0.05) is 60.2 Å². The number of ether oxygens (including phenoxy) is 2. The van der Waals surface area contributed by atoms with Gasteiger partial charge in [0.1, 0.15) is 23.7 Å². The van der Waals surface area contributed by atoms with Crippen LogP contribution in [0.25, 0.3) is 16.8 Å². The molecule has 4 aromatic carbocycles. The largest absolute Gasteiger partial charge is 0.497 e. The molecule has 0 saturated carbocycles. The van der Waals surface area contributed by atoms with Gasteiger partial charge in [0.25, 0.3) is 11.8 Å². The maximum absolute atomic E-state index is 13.3. The first kappa shape index (κ1) is 23.8. The highest BCUT2D eigenvalue weighted by molar-refractivity contribution is 6.39. The zero-order valence-electron chi connectivity index (χ0n) is 20.4. The molecule has 37 heavy (non-hydrogen) atoms. The van der Waals surface area contributed by atoms with Crippen LogP contribution in [-0.2, 0) is 16.2 Å². The number of amides is 4. The lowest BCUT2D eigenvalue weighted by Crippen LogP contribution is -2.54. The number of carbonyl (C=O) groups is 3. The van der Waals surface area contributed by atoms with Crippen LogP contribution in [0.15, 0.2) is 90.5 Å². The Bertz CT molecular complexity index is 1550. The number of barbiturate groups is 1. The first-order chi connectivity index (χ1) is 17.9. The van der Waals surface area contributed by atoms with Gasteiger partial charge in [-0.25, -0.2) is 9.69 Å². The van der Waals surface area contributed by atoms with Crippen LogP contribution in [0, 0.1) is 6.92 Å². The van der Waals surface area contributed by atoms with Crippen molar-refractivity contribution in [2.75, 3.05) is 12.0 Å². The molecule has 1 saturated heterocycles. The van der Waals surface area contributed by atoms with Crippen LogP contribution in [0.5, 0.6) is 11.5 Å². The maximum atomic E-state index is 13.3. The number of hydrogen-bond donors (Lipinski definition) is 1. The van der Waals surface area contributed by atoms with Gasteiger partial charge in [-0.2, -0.15) is 0 Å². The van der Waals surface area contributed by atoms with E-state index >= 15 is 0 Å². The smallest absolute Gasteiger partial charge is 0.335 e. The molecule has 0 bridgehead atoms. The van der Waals surface area contributed by atoms with Gasteiger partial charge in [0.2, 0.25) is 0 Å². The third-order valence-electron chi connectivity index (χ3n) is 6.18. The van der Waals surface area contributed by atoms with Crippen LogP contribution in [-0.4, -0.2) is 25.0 Å². The Morgan fingerprint density at radius 1 is 0.892 bits per heavy atom. The molecule has 0 radical (unpaired) electrons. The number of urea groups is 1. The van der Waals surface area contributed by atoms with Gasteiger partial charge < -0.3 is 9.47 Å². The molecule has 1 fully saturated rings. The molecule has 4 amide bonds. The number of fused-ring (bicyclic) bond motifs is 1. The highest BCUT2D eigenvalue weighted by Gasteiger charge is 2.37. The minimum absolute atomic E-state index is 0.180. The SMILES string of the molecule is COc1ccc(/C=C2\C(=O)NC(=O)N(c3ccc(C)cc3)C2=O)c(OCc2cccc3ccccc23)c1. The molecule has 0 spiro atoms. The van der Waals surface area contributed by atoms with Gasteiger partial charge in [0.05, 0.1) is 12.8 Å². The molecular weight excluding hydrogens is 468 g/mol. The number of methoxy groups -OCH3 is 1. The standard InChI is InChI=1S/C30H24N2O5/c1-19-10-13-23(14-11-19)32-29(34)26(28(33)31-30(32)35)16-21-12-15-24(36-2)17-27(21)37-18-22-8-5-7-20-6-3-4-9-25(20)22/h3-17H,18H2,1-2H3,(H,31,33,35)/b26-16+. The van der Waals surface area contributed by atoms with E-state index in [1.807, 2.05) is 49.4 Å². The number of benzene rings is 4. The Balaban J connectivity index is 1.49. The monoisotopic (exact) mass is 492 g/mol. The highest BCUT2D eigenvalue weighted by Crippen LogP contribution is 2.30. The summed E-state index contributed by atoms with van der Waals surface area (Å²) in [5, 5.41) is 4.43. The molecule has 0 aliphatic carbocycles. The van der Waals surface area contributed by atoms with Crippen molar-refractivity contribution < 1.29 is 23.9 Å². The molecule has 1 N–H and O–H groups in total. The minimum Gasteiger partial charge on any atom is -0.497 e. The molecule has 0 atom stereocenters. The lowest BCUT2D eigenvalue weighted by Gasteiger charge is -2.26. The van der Waals surface area contributed by atoms with Gasteiger partial charge in [0.15, 0.2) is 0 Å². The Kier molecular flexibility index (Phi) is 6.43. The number of aryl methyl sites for hydroxylation is 1.